The van der Waals surface area contributed by atoms with Crippen molar-refractivity contribution in [3.63, 3.8) is 0 Å². The molecule has 0 aromatic heterocycles. The van der Waals surface area contributed by atoms with Gasteiger partial charge in [0.25, 0.3) is 0 Å². The summed E-state index contributed by atoms with van der Waals surface area (Å²) >= 11 is 0. The molecule has 20 heavy (non-hydrogen) atoms. The van der Waals surface area contributed by atoms with E-state index in [0.717, 1.165) is 0 Å². The lowest BCUT2D eigenvalue weighted by Crippen LogP contribution is -2.34. The zero-order chi connectivity index (χ0) is 14.8. The molecule has 0 spiro atoms. The fourth-order valence-corrected chi connectivity index (χ4v) is 2.74. The minimum atomic E-state index is -0.784. The number of nitriles is 1. The van der Waals surface area contributed by atoms with Gasteiger partial charge in [0.2, 0.25) is 0 Å². The first-order valence-electron chi connectivity index (χ1n) is 6.65. The van der Waals surface area contributed by atoms with Crippen molar-refractivity contribution in [2.24, 2.45) is 5.41 Å². The van der Waals surface area contributed by atoms with Gasteiger partial charge in [0.05, 0.1) is 11.0 Å². The summed E-state index contributed by atoms with van der Waals surface area (Å²) < 4.78 is 14.0. The number of carboxylic acids is 1. The maximum atomic E-state index is 14.0. The van der Waals surface area contributed by atoms with Crippen LogP contribution in [-0.4, -0.2) is 29.1 Å². The molecule has 0 amide bonds. The largest absolute Gasteiger partial charge is 0.481 e. The Morgan fingerprint density at radius 3 is 2.90 bits per heavy atom. The molecule has 1 aliphatic rings. The lowest BCUT2D eigenvalue weighted by Gasteiger charge is -2.23. The first-order chi connectivity index (χ1) is 9.52. The van der Waals surface area contributed by atoms with Gasteiger partial charge in [0, 0.05) is 18.7 Å². The normalized spacial score (nSPS) is 22.6. The van der Waals surface area contributed by atoms with E-state index in [1.807, 2.05) is 17.9 Å². The molecule has 4 nitrogen and oxygen atoms in total. The number of benzene rings is 1. The van der Waals surface area contributed by atoms with Crippen LogP contribution in [-0.2, 0) is 11.3 Å². The Labute approximate surface area is 117 Å². The molecule has 5 heteroatoms. The second-order valence-electron chi connectivity index (χ2n) is 5.29. The highest BCUT2D eigenvalue weighted by Gasteiger charge is 2.43. The molecule has 0 radical (unpaired) electrons. The Hall–Kier alpha value is -1.93. The van der Waals surface area contributed by atoms with Crippen molar-refractivity contribution in [3.05, 3.63) is 35.1 Å². The van der Waals surface area contributed by atoms with E-state index in [0.29, 0.717) is 38.0 Å². The van der Waals surface area contributed by atoms with Crippen LogP contribution >= 0.6 is 0 Å². The van der Waals surface area contributed by atoms with Crippen LogP contribution < -0.4 is 0 Å². The lowest BCUT2D eigenvalue weighted by molar-refractivity contribution is -0.148. The smallest absolute Gasteiger partial charge is 0.310 e. The minimum absolute atomic E-state index is 0.0293. The van der Waals surface area contributed by atoms with Crippen LogP contribution in [0.3, 0.4) is 0 Å². The van der Waals surface area contributed by atoms with Crippen LogP contribution in [0, 0.1) is 22.6 Å². The summed E-state index contributed by atoms with van der Waals surface area (Å²) in [7, 11) is 0. The first kappa shape index (κ1) is 14.5. The molecule has 1 aromatic rings. The average molecular weight is 276 g/mol. The third-order valence-electron chi connectivity index (χ3n) is 4.16. The van der Waals surface area contributed by atoms with Gasteiger partial charge in [-0.2, -0.15) is 5.26 Å². The Kier molecular flexibility index (Phi) is 4.05. The van der Waals surface area contributed by atoms with Crippen LogP contribution in [0.25, 0.3) is 0 Å². The molecular weight excluding hydrogens is 259 g/mol. The molecule has 2 rings (SSSR count). The molecule has 1 unspecified atom stereocenters. The molecule has 1 N–H and O–H groups in total. The van der Waals surface area contributed by atoms with E-state index >= 15 is 0 Å². The summed E-state index contributed by atoms with van der Waals surface area (Å²) in [6.07, 6.45) is 1.15. The number of carbonyl (C=O) groups is 1. The molecule has 1 atom stereocenters. The van der Waals surface area contributed by atoms with Gasteiger partial charge >= 0.3 is 5.97 Å². The highest BCUT2D eigenvalue weighted by molar-refractivity contribution is 5.75. The minimum Gasteiger partial charge on any atom is -0.481 e. The van der Waals surface area contributed by atoms with E-state index in [1.165, 1.54) is 6.07 Å². The number of likely N-dealkylation sites (tertiary alicyclic amines) is 1. The van der Waals surface area contributed by atoms with Crippen LogP contribution in [0.1, 0.15) is 30.9 Å². The number of carboxylic acid groups (broad SMARTS) is 1. The fourth-order valence-electron chi connectivity index (χ4n) is 2.74. The van der Waals surface area contributed by atoms with Crippen molar-refractivity contribution < 1.29 is 14.3 Å². The molecule has 1 heterocycles. The van der Waals surface area contributed by atoms with Crippen molar-refractivity contribution in [1.29, 1.82) is 5.26 Å². The van der Waals surface area contributed by atoms with E-state index in [1.54, 1.807) is 12.1 Å². The third kappa shape index (κ3) is 2.52. The maximum Gasteiger partial charge on any atom is 0.310 e. The fraction of sp³-hybridized carbons (Fsp3) is 0.467. The topological polar surface area (TPSA) is 64.3 Å². The van der Waals surface area contributed by atoms with E-state index < -0.39 is 17.2 Å². The van der Waals surface area contributed by atoms with Crippen molar-refractivity contribution in [1.82, 2.24) is 4.90 Å². The average Bonchev–Trinajstić information content (AvgIpc) is 2.86. The van der Waals surface area contributed by atoms with Crippen LogP contribution in [0.15, 0.2) is 18.2 Å². The van der Waals surface area contributed by atoms with Gasteiger partial charge in [-0.1, -0.05) is 19.1 Å². The molecule has 1 aliphatic heterocycles. The van der Waals surface area contributed by atoms with Gasteiger partial charge in [-0.25, -0.2) is 4.39 Å². The first-order valence-corrected chi connectivity index (χ1v) is 6.65. The van der Waals surface area contributed by atoms with Crippen molar-refractivity contribution in [3.8, 4) is 6.07 Å². The molecule has 1 aromatic carbocycles. The standard InChI is InChI=1S/C15H17FN2O2/c1-2-15(14(19)20)6-7-18(10-15)9-12-5-3-4-11(8-17)13(12)16/h3-5H,2,6-7,9-10H2,1H3,(H,19,20). The van der Waals surface area contributed by atoms with Crippen molar-refractivity contribution in [2.75, 3.05) is 13.1 Å². The molecule has 0 saturated carbocycles. The Morgan fingerprint density at radius 1 is 1.60 bits per heavy atom. The van der Waals surface area contributed by atoms with E-state index in [2.05, 4.69) is 0 Å². The Bertz CT molecular complexity index is 567. The zero-order valence-electron chi connectivity index (χ0n) is 11.4. The number of hydrogen-bond donors (Lipinski definition) is 1. The quantitative estimate of drug-likeness (QED) is 0.917. The monoisotopic (exact) mass is 276 g/mol. The summed E-state index contributed by atoms with van der Waals surface area (Å²) in [5.74, 6) is -1.28. The lowest BCUT2D eigenvalue weighted by atomic mass is 9.84. The van der Waals surface area contributed by atoms with Gasteiger partial charge < -0.3 is 5.11 Å². The van der Waals surface area contributed by atoms with E-state index in [-0.39, 0.29) is 5.56 Å². The molecule has 1 fully saturated rings. The van der Waals surface area contributed by atoms with Gasteiger partial charge in [-0.3, -0.25) is 9.69 Å². The maximum absolute atomic E-state index is 14.0. The van der Waals surface area contributed by atoms with Gasteiger partial charge in [-0.15, -0.1) is 0 Å². The van der Waals surface area contributed by atoms with Crippen molar-refractivity contribution >= 4 is 5.97 Å². The zero-order valence-corrected chi connectivity index (χ0v) is 11.4. The number of hydrogen-bond acceptors (Lipinski definition) is 3. The summed E-state index contributed by atoms with van der Waals surface area (Å²) in [6, 6.07) is 6.55. The van der Waals surface area contributed by atoms with Crippen molar-refractivity contribution in [2.45, 2.75) is 26.3 Å². The molecule has 106 valence electrons. The highest BCUT2D eigenvalue weighted by Crippen LogP contribution is 2.35. The van der Waals surface area contributed by atoms with Crippen LogP contribution in [0.4, 0.5) is 4.39 Å². The Morgan fingerprint density at radius 2 is 2.35 bits per heavy atom. The molecule has 1 saturated heterocycles. The molecular formula is C15H17FN2O2. The Balaban J connectivity index is 2.14. The summed E-state index contributed by atoms with van der Waals surface area (Å²) in [6.45, 7) is 3.27. The van der Waals surface area contributed by atoms with Crippen LogP contribution in [0.5, 0.6) is 0 Å². The summed E-state index contributed by atoms with van der Waals surface area (Å²) in [4.78, 5) is 13.3. The second-order valence-corrected chi connectivity index (χ2v) is 5.29. The SMILES string of the molecule is CCC1(C(=O)O)CCN(Cc2cccc(C#N)c2F)C1. The predicted molar refractivity (Wildman–Crippen MR) is 71.4 cm³/mol. The van der Waals surface area contributed by atoms with Gasteiger partial charge in [0.15, 0.2) is 0 Å². The van der Waals surface area contributed by atoms with E-state index in [9.17, 15) is 14.3 Å². The number of aliphatic carboxylic acids is 1. The van der Waals surface area contributed by atoms with E-state index in [4.69, 9.17) is 5.26 Å². The summed E-state index contributed by atoms with van der Waals surface area (Å²) in [5.41, 5.74) is -0.244. The number of rotatable bonds is 4. The number of halogens is 1. The second kappa shape index (κ2) is 5.59. The predicted octanol–water partition coefficient (Wildman–Crippen LogP) is 2.38. The van der Waals surface area contributed by atoms with Gasteiger partial charge in [-0.05, 0) is 25.5 Å². The molecule has 0 bridgehead atoms. The summed E-state index contributed by atoms with van der Waals surface area (Å²) in [5, 5.41) is 18.2. The number of nitrogens with zero attached hydrogens (tertiary/aromatic N) is 2. The third-order valence-corrected chi connectivity index (χ3v) is 4.16. The van der Waals surface area contributed by atoms with Crippen LogP contribution in [0.2, 0.25) is 0 Å². The highest BCUT2D eigenvalue weighted by atomic mass is 19.1. The molecule has 0 aliphatic carbocycles. The van der Waals surface area contributed by atoms with Gasteiger partial charge in [0.1, 0.15) is 11.9 Å².